The third-order valence-corrected chi connectivity index (χ3v) is 2.66. The van der Waals surface area contributed by atoms with E-state index in [0.717, 1.165) is 16.3 Å². The summed E-state index contributed by atoms with van der Waals surface area (Å²) in [4.78, 5) is 8.91. The lowest BCUT2D eigenvalue weighted by molar-refractivity contribution is 1.27. The van der Waals surface area contributed by atoms with Crippen LogP contribution in [0.15, 0.2) is 24.5 Å². The van der Waals surface area contributed by atoms with Crippen molar-refractivity contribution in [2.75, 3.05) is 0 Å². The lowest BCUT2D eigenvalue weighted by atomic mass is 10.2. The van der Waals surface area contributed by atoms with E-state index in [-0.39, 0.29) is 0 Å². The number of nitriles is 1. The van der Waals surface area contributed by atoms with Crippen LogP contribution in [0.3, 0.4) is 0 Å². The van der Waals surface area contributed by atoms with Crippen LogP contribution in [0.1, 0.15) is 9.88 Å². The third-order valence-electron chi connectivity index (χ3n) is 1.79. The second-order valence-corrected chi connectivity index (χ2v) is 3.96. The fraction of sp³-hybridized carbons (Fsp3) is 0.100. The van der Waals surface area contributed by atoms with Crippen LogP contribution in [0.4, 0.5) is 0 Å². The van der Waals surface area contributed by atoms with Gasteiger partial charge in [0.05, 0.1) is 10.7 Å². The molecule has 0 saturated heterocycles. The van der Waals surface area contributed by atoms with Gasteiger partial charge < -0.3 is 0 Å². The maximum atomic E-state index is 8.90. The quantitative estimate of drug-likeness (QED) is 0.711. The van der Waals surface area contributed by atoms with Gasteiger partial charge in [-0.15, -0.1) is 11.3 Å². The highest BCUT2D eigenvalue weighted by Gasteiger charge is 2.09. The second kappa shape index (κ2) is 3.56. The van der Waals surface area contributed by atoms with Crippen LogP contribution >= 0.6 is 11.3 Å². The van der Waals surface area contributed by atoms with E-state index in [1.807, 2.05) is 19.1 Å². The Balaban J connectivity index is 2.58. The molecule has 0 aromatic carbocycles. The summed E-state index contributed by atoms with van der Waals surface area (Å²) in [6.07, 6.45) is 3.40. The highest BCUT2D eigenvalue weighted by Crippen LogP contribution is 2.26. The SMILES string of the molecule is Cc1nc(-c2ccncc2)c(C#N)s1. The number of hydrogen-bond donors (Lipinski definition) is 0. The molecular weight excluding hydrogens is 194 g/mol. The van der Waals surface area contributed by atoms with Crippen molar-refractivity contribution in [2.24, 2.45) is 0 Å². The maximum Gasteiger partial charge on any atom is 0.132 e. The molecule has 68 valence electrons. The van der Waals surface area contributed by atoms with Crippen molar-refractivity contribution in [3.8, 4) is 17.3 Å². The Labute approximate surface area is 85.7 Å². The lowest BCUT2D eigenvalue weighted by Crippen LogP contribution is -1.81. The van der Waals surface area contributed by atoms with E-state index in [2.05, 4.69) is 16.0 Å². The summed E-state index contributed by atoms with van der Waals surface area (Å²) < 4.78 is 0. The molecule has 0 aliphatic heterocycles. The van der Waals surface area contributed by atoms with Crippen LogP contribution in [-0.2, 0) is 0 Å². The molecule has 0 saturated carbocycles. The average molecular weight is 201 g/mol. The van der Waals surface area contributed by atoms with Crippen LogP contribution < -0.4 is 0 Å². The van der Waals surface area contributed by atoms with E-state index in [0.29, 0.717) is 4.88 Å². The van der Waals surface area contributed by atoms with E-state index < -0.39 is 0 Å². The molecule has 2 aromatic heterocycles. The average Bonchev–Trinajstić information content (AvgIpc) is 2.61. The Morgan fingerprint density at radius 2 is 2.07 bits per heavy atom. The van der Waals surface area contributed by atoms with Crippen molar-refractivity contribution in [1.82, 2.24) is 9.97 Å². The molecule has 0 unspecified atom stereocenters. The first-order valence-electron chi connectivity index (χ1n) is 4.09. The normalized spacial score (nSPS) is 9.71. The van der Waals surface area contributed by atoms with E-state index >= 15 is 0 Å². The minimum atomic E-state index is 0.661. The summed E-state index contributed by atoms with van der Waals surface area (Å²) in [5, 5.41) is 9.81. The third kappa shape index (κ3) is 1.50. The predicted octanol–water partition coefficient (Wildman–Crippen LogP) is 2.39. The molecule has 0 amide bonds. The summed E-state index contributed by atoms with van der Waals surface area (Å²) >= 11 is 1.42. The monoisotopic (exact) mass is 201 g/mol. The van der Waals surface area contributed by atoms with Crippen molar-refractivity contribution in [3.63, 3.8) is 0 Å². The highest BCUT2D eigenvalue weighted by molar-refractivity contribution is 7.12. The van der Waals surface area contributed by atoms with Gasteiger partial charge in [-0.05, 0) is 19.1 Å². The summed E-state index contributed by atoms with van der Waals surface area (Å²) in [5.41, 5.74) is 1.71. The van der Waals surface area contributed by atoms with Crippen molar-refractivity contribution in [2.45, 2.75) is 6.92 Å². The van der Waals surface area contributed by atoms with Crippen molar-refractivity contribution in [1.29, 1.82) is 5.26 Å². The van der Waals surface area contributed by atoms with Crippen LogP contribution in [0.2, 0.25) is 0 Å². The van der Waals surface area contributed by atoms with Crippen LogP contribution in [0.5, 0.6) is 0 Å². The van der Waals surface area contributed by atoms with Gasteiger partial charge in [0, 0.05) is 18.0 Å². The fourth-order valence-electron chi connectivity index (χ4n) is 1.21. The Hall–Kier alpha value is -1.73. The lowest BCUT2D eigenvalue weighted by Gasteiger charge is -1.94. The van der Waals surface area contributed by atoms with Gasteiger partial charge in [-0.2, -0.15) is 5.26 Å². The molecule has 2 aromatic rings. The molecule has 3 nitrogen and oxygen atoms in total. The zero-order valence-electron chi connectivity index (χ0n) is 7.56. The minimum absolute atomic E-state index is 0.661. The van der Waals surface area contributed by atoms with Gasteiger partial charge in [0.2, 0.25) is 0 Å². The van der Waals surface area contributed by atoms with Gasteiger partial charge in [0.25, 0.3) is 0 Å². The number of pyridine rings is 1. The number of aromatic nitrogens is 2. The maximum absolute atomic E-state index is 8.90. The zero-order chi connectivity index (χ0) is 9.97. The first-order chi connectivity index (χ1) is 6.81. The molecule has 2 rings (SSSR count). The Morgan fingerprint density at radius 1 is 1.36 bits per heavy atom. The molecule has 4 heteroatoms. The number of hydrogen-bond acceptors (Lipinski definition) is 4. The molecule has 2 heterocycles. The zero-order valence-corrected chi connectivity index (χ0v) is 8.38. The molecule has 0 fully saturated rings. The predicted molar refractivity (Wildman–Crippen MR) is 54.8 cm³/mol. The highest BCUT2D eigenvalue weighted by atomic mass is 32.1. The van der Waals surface area contributed by atoms with Gasteiger partial charge in [-0.25, -0.2) is 4.98 Å². The Kier molecular flexibility index (Phi) is 2.25. The Morgan fingerprint density at radius 3 is 2.71 bits per heavy atom. The fourth-order valence-corrected chi connectivity index (χ4v) is 1.95. The van der Waals surface area contributed by atoms with E-state index in [4.69, 9.17) is 5.26 Å². The van der Waals surface area contributed by atoms with Gasteiger partial charge in [-0.3, -0.25) is 4.98 Å². The van der Waals surface area contributed by atoms with Gasteiger partial charge in [0.15, 0.2) is 0 Å². The first kappa shape index (κ1) is 8.85. The summed E-state index contributed by atoms with van der Waals surface area (Å²) in [6, 6.07) is 5.86. The van der Waals surface area contributed by atoms with Crippen LogP contribution in [0.25, 0.3) is 11.3 Å². The largest absolute Gasteiger partial charge is 0.265 e. The molecule has 0 radical (unpaired) electrons. The smallest absolute Gasteiger partial charge is 0.132 e. The topological polar surface area (TPSA) is 49.6 Å². The molecule has 0 N–H and O–H groups in total. The molecule has 0 aliphatic rings. The van der Waals surface area contributed by atoms with Crippen molar-refractivity contribution in [3.05, 3.63) is 34.4 Å². The molecule has 0 spiro atoms. The Bertz CT molecular complexity index is 482. The van der Waals surface area contributed by atoms with Crippen molar-refractivity contribution >= 4 is 11.3 Å². The van der Waals surface area contributed by atoms with Crippen LogP contribution in [-0.4, -0.2) is 9.97 Å². The molecule has 0 aliphatic carbocycles. The second-order valence-electron chi connectivity index (χ2n) is 2.76. The van der Waals surface area contributed by atoms with E-state index in [1.165, 1.54) is 11.3 Å². The summed E-state index contributed by atoms with van der Waals surface area (Å²) in [5.74, 6) is 0. The van der Waals surface area contributed by atoms with Gasteiger partial charge in [0.1, 0.15) is 10.9 Å². The van der Waals surface area contributed by atoms with E-state index in [9.17, 15) is 0 Å². The standard InChI is InChI=1S/C10H7N3S/c1-7-13-10(9(6-11)14-7)8-2-4-12-5-3-8/h2-5H,1H3. The molecule has 0 atom stereocenters. The number of aryl methyl sites for hydroxylation is 1. The number of thiazole rings is 1. The summed E-state index contributed by atoms with van der Waals surface area (Å²) in [6.45, 7) is 1.90. The molecule has 0 bridgehead atoms. The van der Waals surface area contributed by atoms with Crippen molar-refractivity contribution < 1.29 is 0 Å². The first-order valence-corrected chi connectivity index (χ1v) is 4.91. The van der Waals surface area contributed by atoms with Crippen LogP contribution in [0, 0.1) is 18.3 Å². The van der Waals surface area contributed by atoms with Gasteiger partial charge >= 0.3 is 0 Å². The number of rotatable bonds is 1. The molecule has 14 heavy (non-hydrogen) atoms. The number of nitrogens with zero attached hydrogens (tertiary/aromatic N) is 3. The van der Waals surface area contributed by atoms with Gasteiger partial charge in [-0.1, -0.05) is 0 Å². The minimum Gasteiger partial charge on any atom is -0.265 e. The summed E-state index contributed by atoms with van der Waals surface area (Å²) in [7, 11) is 0. The molecular formula is C10H7N3S. The van der Waals surface area contributed by atoms with E-state index in [1.54, 1.807) is 12.4 Å².